The van der Waals surface area contributed by atoms with E-state index in [2.05, 4.69) is 33.9 Å². The SMILES string of the molecule is CCc1ccc(-n2[nH]c3c(cnc4ccc(N5CCN(C)CC5)nc43)c2=O)cc1. The first-order chi connectivity index (χ1) is 14.1. The van der Waals surface area contributed by atoms with Crippen LogP contribution in [0.3, 0.4) is 0 Å². The van der Waals surface area contributed by atoms with E-state index in [9.17, 15) is 4.79 Å². The summed E-state index contributed by atoms with van der Waals surface area (Å²) in [5, 5.41) is 3.83. The second-order valence-corrected chi connectivity index (χ2v) is 7.65. The van der Waals surface area contributed by atoms with Crippen LogP contribution in [-0.4, -0.2) is 57.9 Å². The Kier molecular flexibility index (Phi) is 4.32. The summed E-state index contributed by atoms with van der Waals surface area (Å²) in [6, 6.07) is 12.0. The third-order valence-electron chi connectivity index (χ3n) is 5.79. The highest BCUT2D eigenvalue weighted by Gasteiger charge is 2.18. The first-order valence-corrected chi connectivity index (χ1v) is 10.1. The van der Waals surface area contributed by atoms with Crippen LogP contribution in [0.1, 0.15) is 12.5 Å². The van der Waals surface area contributed by atoms with Crippen molar-refractivity contribution in [1.29, 1.82) is 0 Å². The van der Waals surface area contributed by atoms with Gasteiger partial charge in [0.25, 0.3) is 5.56 Å². The fourth-order valence-corrected chi connectivity index (χ4v) is 3.89. The zero-order valence-corrected chi connectivity index (χ0v) is 16.7. The van der Waals surface area contributed by atoms with Gasteiger partial charge in [-0.2, -0.15) is 0 Å². The maximum Gasteiger partial charge on any atom is 0.280 e. The van der Waals surface area contributed by atoms with Crippen molar-refractivity contribution in [2.24, 2.45) is 0 Å². The molecule has 0 bridgehead atoms. The number of fused-ring (bicyclic) bond motifs is 3. The van der Waals surface area contributed by atoms with Crippen LogP contribution in [0.4, 0.5) is 5.82 Å². The lowest BCUT2D eigenvalue weighted by molar-refractivity contribution is 0.312. The van der Waals surface area contributed by atoms with Gasteiger partial charge in [0.2, 0.25) is 0 Å². The summed E-state index contributed by atoms with van der Waals surface area (Å²) in [5.74, 6) is 0.931. The Morgan fingerprint density at radius 3 is 2.52 bits per heavy atom. The molecule has 5 rings (SSSR count). The molecule has 1 aliphatic heterocycles. The standard InChI is InChI=1S/C22H24N6O/c1-3-15-4-6-16(7-5-15)28-22(29)17-14-23-18-8-9-19(24-21(18)20(17)25-28)27-12-10-26(2)11-13-27/h4-9,14,25H,3,10-13H2,1-2H3. The molecule has 0 aliphatic carbocycles. The summed E-state index contributed by atoms with van der Waals surface area (Å²) < 4.78 is 1.58. The summed E-state index contributed by atoms with van der Waals surface area (Å²) in [6.07, 6.45) is 2.61. The maximum atomic E-state index is 13.0. The molecule has 3 aromatic heterocycles. The quantitative estimate of drug-likeness (QED) is 0.584. The van der Waals surface area contributed by atoms with Gasteiger partial charge in [-0.25, -0.2) is 9.67 Å². The number of nitrogens with one attached hydrogen (secondary N) is 1. The van der Waals surface area contributed by atoms with Gasteiger partial charge in [-0.05, 0) is 43.3 Å². The number of aromatic amines is 1. The number of hydrogen-bond donors (Lipinski definition) is 1. The van der Waals surface area contributed by atoms with E-state index in [0.29, 0.717) is 5.39 Å². The Bertz CT molecular complexity index is 1230. The molecule has 0 atom stereocenters. The number of nitrogens with zero attached hydrogens (tertiary/aromatic N) is 5. The average molecular weight is 388 g/mol. The number of H-pyrrole nitrogens is 1. The summed E-state index contributed by atoms with van der Waals surface area (Å²) in [7, 11) is 2.14. The van der Waals surface area contributed by atoms with E-state index in [1.807, 2.05) is 36.4 Å². The van der Waals surface area contributed by atoms with Crippen LogP contribution in [0, 0.1) is 0 Å². The van der Waals surface area contributed by atoms with Crippen LogP contribution < -0.4 is 10.5 Å². The third-order valence-corrected chi connectivity index (χ3v) is 5.79. The fraction of sp³-hybridized carbons (Fsp3) is 0.318. The predicted molar refractivity (Wildman–Crippen MR) is 116 cm³/mol. The maximum absolute atomic E-state index is 13.0. The highest BCUT2D eigenvalue weighted by atomic mass is 16.1. The molecule has 148 valence electrons. The lowest BCUT2D eigenvalue weighted by Crippen LogP contribution is -2.44. The molecule has 0 spiro atoms. The van der Waals surface area contributed by atoms with E-state index in [-0.39, 0.29) is 5.56 Å². The molecule has 0 radical (unpaired) electrons. The number of anilines is 1. The van der Waals surface area contributed by atoms with Crippen molar-refractivity contribution >= 4 is 27.8 Å². The van der Waals surface area contributed by atoms with Gasteiger partial charge in [-0.3, -0.25) is 14.9 Å². The molecule has 1 aromatic carbocycles. The minimum Gasteiger partial charge on any atom is -0.354 e. The van der Waals surface area contributed by atoms with Gasteiger partial charge in [0, 0.05) is 32.4 Å². The normalized spacial score (nSPS) is 15.4. The molecule has 1 saturated heterocycles. The van der Waals surface area contributed by atoms with Gasteiger partial charge >= 0.3 is 0 Å². The van der Waals surface area contributed by atoms with Crippen molar-refractivity contribution < 1.29 is 0 Å². The molecular formula is C22H24N6O. The first-order valence-electron chi connectivity index (χ1n) is 10.1. The number of likely N-dealkylation sites (N-methyl/N-ethyl adjacent to an activating group) is 1. The number of aromatic nitrogens is 4. The van der Waals surface area contributed by atoms with E-state index in [0.717, 1.165) is 60.7 Å². The van der Waals surface area contributed by atoms with Crippen molar-refractivity contribution in [2.75, 3.05) is 38.1 Å². The Labute approximate surface area is 168 Å². The van der Waals surface area contributed by atoms with E-state index in [1.165, 1.54) is 5.56 Å². The minimum atomic E-state index is -0.106. The molecule has 7 heteroatoms. The number of rotatable bonds is 3. The van der Waals surface area contributed by atoms with Crippen molar-refractivity contribution in [3.8, 4) is 5.69 Å². The molecule has 4 aromatic rings. The zero-order chi connectivity index (χ0) is 20.0. The van der Waals surface area contributed by atoms with Gasteiger partial charge in [0.1, 0.15) is 11.3 Å². The van der Waals surface area contributed by atoms with E-state index < -0.39 is 0 Å². The Morgan fingerprint density at radius 2 is 1.79 bits per heavy atom. The van der Waals surface area contributed by atoms with E-state index >= 15 is 0 Å². The van der Waals surface area contributed by atoms with Crippen molar-refractivity contribution in [1.82, 2.24) is 24.6 Å². The number of hydrogen-bond acceptors (Lipinski definition) is 5. The second-order valence-electron chi connectivity index (χ2n) is 7.65. The Morgan fingerprint density at radius 1 is 1.03 bits per heavy atom. The number of piperazine rings is 1. The van der Waals surface area contributed by atoms with Crippen molar-refractivity contribution in [3.63, 3.8) is 0 Å². The topological polar surface area (TPSA) is 70.1 Å². The van der Waals surface area contributed by atoms with Crippen LogP contribution in [0.2, 0.25) is 0 Å². The molecule has 7 nitrogen and oxygen atoms in total. The van der Waals surface area contributed by atoms with Crippen LogP contribution in [0.25, 0.3) is 27.6 Å². The molecule has 0 unspecified atom stereocenters. The Hall–Kier alpha value is -3.19. The van der Waals surface area contributed by atoms with Crippen LogP contribution in [0.15, 0.2) is 47.4 Å². The van der Waals surface area contributed by atoms with Crippen LogP contribution in [0.5, 0.6) is 0 Å². The van der Waals surface area contributed by atoms with Gasteiger partial charge < -0.3 is 9.80 Å². The molecule has 0 saturated carbocycles. The number of benzene rings is 1. The zero-order valence-electron chi connectivity index (χ0n) is 16.7. The van der Waals surface area contributed by atoms with Gasteiger partial charge in [0.15, 0.2) is 0 Å². The average Bonchev–Trinajstić information content (AvgIpc) is 3.11. The first kappa shape index (κ1) is 17.9. The van der Waals surface area contributed by atoms with Gasteiger partial charge in [0.05, 0.1) is 22.1 Å². The third kappa shape index (κ3) is 3.07. The molecule has 1 N–H and O–H groups in total. The smallest absolute Gasteiger partial charge is 0.280 e. The van der Waals surface area contributed by atoms with Gasteiger partial charge in [-0.1, -0.05) is 19.1 Å². The highest BCUT2D eigenvalue weighted by molar-refractivity contribution is 6.00. The van der Waals surface area contributed by atoms with E-state index in [1.54, 1.807) is 10.9 Å². The number of pyridine rings is 2. The summed E-state index contributed by atoms with van der Waals surface area (Å²) in [4.78, 5) is 27.0. The van der Waals surface area contributed by atoms with Crippen LogP contribution >= 0.6 is 0 Å². The highest BCUT2D eigenvalue weighted by Crippen LogP contribution is 2.23. The molecule has 29 heavy (non-hydrogen) atoms. The van der Waals surface area contributed by atoms with Gasteiger partial charge in [-0.15, -0.1) is 0 Å². The van der Waals surface area contributed by atoms with Crippen molar-refractivity contribution in [2.45, 2.75) is 13.3 Å². The fourth-order valence-electron chi connectivity index (χ4n) is 3.89. The lowest BCUT2D eigenvalue weighted by atomic mass is 10.1. The summed E-state index contributed by atoms with van der Waals surface area (Å²) >= 11 is 0. The minimum absolute atomic E-state index is 0.106. The molecule has 1 aliphatic rings. The molecule has 1 fully saturated rings. The number of aryl methyl sites for hydroxylation is 1. The second kappa shape index (κ2) is 7.00. The van der Waals surface area contributed by atoms with Crippen molar-refractivity contribution in [3.05, 3.63) is 58.5 Å². The van der Waals surface area contributed by atoms with Crippen LogP contribution in [-0.2, 0) is 6.42 Å². The molecular weight excluding hydrogens is 364 g/mol. The summed E-state index contributed by atoms with van der Waals surface area (Å²) in [6.45, 7) is 6.04. The lowest BCUT2D eigenvalue weighted by Gasteiger charge is -2.33. The summed E-state index contributed by atoms with van der Waals surface area (Å²) in [5.41, 5.74) is 4.20. The monoisotopic (exact) mass is 388 g/mol. The van der Waals surface area contributed by atoms with E-state index in [4.69, 9.17) is 4.98 Å². The molecule has 0 amide bonds. The largest absolute Gasteiger partial charge is 0.354 e. The Balaban J connectivity index is 1.63. The predicted octanol–water partition coefficient (Wildman–Crippen LogP) is 2.58. The molecule has 4 heterocycles.